The fourth-order valence-electron chi connectivity index (χ4n) is 3.03. The topological polar surface area (TPSA) is 25.2 Å². The van der Waals surface area contributed by atoms with Gasteiger partial charge in [-0.2, -0.15) is 0 Å². The van der Waals surface area contributed by atoms with Crippen molar-refractivity contribution < 1.29 is 4.79 Å². The maximum absolute atomic E-state index is 12.6. The number of hydrogen-bond acceptors (Lipinski definition) is 1. The molecule has 0 aliphatic carbocycles. The number of rotatable bonds is 9. The van der Waals surface area contributed by atoms with Gasteiger partial charge in [0.05, 0.1) is 6.54 Å². The van der Waals surface area contributed by atoms with Crippen LogP contribution in [-0.4, -0.2) is 21.9 Å². The third kappa shape index (κ3) is 5.77. The molecule has 1 amide bonds. The van der Waals surface area contributed by atoms with E-state index < -0.39 is 0 Å². The van der Waals surface area contributed by atoms with Gasteiger partial charge in [-0.15, -0.1) is 0 Å². The lowest BCUT2D eigenvalue weighted by molar-refractivity contribution is -0.132. The molecule has 0 aliphatic heterocycles. The van der Waals surface area contributed by atoms with E-state index in [2.05, 4.69) is 74.9 Å². The number of amides is 1. The van der Waals surface area contributed by atoms with E-state index in [4.69, 9.17) is 0 Å². The monoisotopic (exact) mass is 340 g/mol. The van der Waals surface area contributed by atoms with Crippen molar-refractivity contribution in [2.24, 2.45) is 5.92 Å². The number of aromatic nitrogens is 1. The van der Waals surface area contributed by atoms with Crippen LogP contribution in [0.2, 0.25) is 0 Å². The third-order valence-corrected chi connectivity index (χ3v) is 4.60. The van der Waals surface area contributed by atoms with Crippen molar-refractivity contribution in [2.75, 3.05) is 6.54 Å². The second kappa shape index (κ2) is 9.45. The highest BCUT2D eigenvalue weighted by Crippen LogP contribution is 2.15. The molecule has 0 bridgehead atoms. The van der Waals surface area contributed by atoms with Crippen molar-refractivity contribution in [1.29, 1.82) is 0 Å². The first-order valence-corrected chi connectivity index (χ1v) is 9.47. The predicted octanol–water partition coefficient (Wildman–Crippen LogP) is 5.02. The van der Waals surface area contributed by atoms with E-state index in [-0.39, 0.29) is 5.91 Å². The Balaban J connectivity index is 2.13. The van der Waals surface area contributed by atoms with E-state index in [1.54, 1.807) is 0 Å². The van der Waals surface area contributed by atoms with Crippen LogP contribution in [0.25, 0.3) is 0 Å². The molecule has 0 saturated carbocycles. The van der Waals surface area contributed by atoms with Gasteiger partial charge in [-0.05, 0) is 42.5 Å². The lowest BCUT2D eigenvalue weighted by atomic mass is 10.1. The molecule has 3 heteroatoms. The summed E-state index contributed by atoms with van der Waals surface area (Å²) in [6.07, 6.45) is 4.91. The van der Waals surface area contributed by atoms with Crippen LogP contribution in [0.3, 0.4) is 0 Å². The van der Waals surface area contributed by atoms with Gasteiger partial charge in [0.2, 0.25) is 5.91 Å². The van der Waals surface area contributed by atoms with Crippen LogP contribution in [0.4, 0.5) is 0 Å². The van der Waals surface area contributed by atoms with Crippen LogP contribution in [0.15, 0.2) is 42.6 Å². The number of carbonyl (C=O) groups excluding carboxylic acids is 1. The Kier molecular flexibility index (Phi) is 7.30. The van der Waals surface area contributed by atoms with Crippen molar-refractivity contribution >= 4 is 5.91 Å². The minimum atomic E-state index is 0.270. The SMILES string of the molecule is CCCCN(Cc1cccn1Cc1ccccc1C)C(=O)CC(C)C. The molecular formula is C22H32N2O. The minimum Gasteiger partial charge on any atom is -0.345 e. The molecule has 1 aromatic heterocycles. The quantitative estimate of drug-likeness (QED) is 0.629. The second-order valence-electron chi connectivity index (χ2n) is 7.32. The second-order valence-corrected chi connectivity index (χ2v) is 7.32. The lowest BCUT2D eigenvalue weighted by Gasteiger charge is -2.24. The number of carbonyl (C=O) groups is 1. The van der Waals surface area contributed by atoms with Crippen molar-refractivity contribution in [1.82, 2.24) is 9.47 Å². The van der Waals surface area contributed by atoms with Gasteiger partial charge in [0.15, 0.2) is 0 Å². The van der Waals surface area contributed by atoms with E-state index in [0.29, 0.717) is 18.9 Å². The Labute approximate surface area is 152 Å². The molecule has 3 nitrogen and oxygen atoms in total. The molecule has 0 spiro atoms. The van der Waals surface area contributed by atoms with Crippen LogP contribution in [0.1, 0.15) is 56.9 Å². The average Bonchev–Trinajstić information content (AvgIpc) is 2.99. The molecule has 0 aliphatic rings. The smallest absolute Gasteiger partial charge is 0.223 e. The fraction of sp³-hybridized carbons (Fsp3) is 0.500. The first-order chi connectivity index (χ1) is 12.0. The molecule has 0 fully saturated rings. The summed E-state index contributed by atoms with van der Waals surface area (Å²) in [6.45, 7) is 10.9. The lowest BCUT2D eigenvalue weighted by Crippen LogP contribution is -2.33. The van der Waals surface area contributed by atoms with Gasteiger partial charge in [-0.1, -0.05) is 51.5 Å². The molecule has 2 aromatic rings. The number of nitrogens with zero attached hydrogens (tertiary/aromatic N) is 2. The standard InChI is InChI=1S/C22H32N2O/c1-5-6-13-24(22(25)15-18(2)3)17-21-12-9-14-23(21)16-20-11-8-7-10-19(20)4/h7-12,14,18H,5-6,13,15-17H2,1-4H3. The molecule has 2 rings (SSSR count). The molecule has 0 radical (unpaired) electrons. The van der Waals surface area contributed by atoms with Crippen LogP contribution < -0.4 is 0 Å². The molecule has 0 unspecified atom stereocenters. The van der Waals surface area contributed by atoms with Crippen LogP contribution >= 0.6 is 0 Å². The molecule has 136 valence electrons. The van der Waals surface area contributed by atoms with E-state index in [9.17, 15) is 4.79 Å². The molecule has 1 heterocycles. The highest BCUT2D eigenvalue weighted by Gasteiger charge is 2.16. The van der Waals surface area contributed by atoms with Crippen LogP contribution in [-0.2, 0) is 17.9 Å². The van der Waals surface area contributed by atoms with Crippen molar-refractivity contribution in [3.05, 3.63) is 59.4 Å². The fourth-order valence-corrected chi connectivity index (χ4v) is 3.03. The summed E-state index contributed by atoms with van der Waals surface area (Å²) < 4.78 is 2.27. The minimum absolute atomic E-state index is 0.270. The zero-order chi connectivity index (χ0) is 18.2. The van der Waals surface area contributed by atoms with Gasteiger partial charge in [-0.3, -0.25) is 4.79 Å². The van der Waals surface area contributed by atoms with Gasteiger partial charge < -0.3 is 9.47 Å². The third-order valence-electron chi connectivity index (χ3n) is 4.60. The highest BCUT2D eigenvalue weighted by molar-refractivity contribution is 5.76. The normalized spacial score (nSPS) is 11.1. The first kappa shape index (κ1) is 19.3. The Morgan fingerprint density at radius 2 is 1.92 bits per heavy atom. The average molecular weight is 341 g/mol. The van der Waals surface area contributed by atoms with Crippen molar-refractivity contribution in [3.8, 4) is 0 Å². The maximum Gasteiger partial charge on any atom is 0.223 e. The van der Waals surface area contributed by atoms with Gasteiger partial charge >= 0.3 is 0 Å². The number of unbranched alkanes of at least 4 members (excludes halogenated alkanes) is 1. The summed E-state index contributed by atoms with van der Waals surface area (Å²) in [4.78, 5) is 14.7. The number of benzene rings is 1. The van der Waals surface area contributed by atoms with Crippen LogP contribution in [0, 0.1) is 12.8 Å². The largest absolute Gasteiger partial charge is 0.345 e. The molecule has 0 saturated heterocycles. The maximum atomic E-state index is 12.6. The van der Waals surface area contributed by atoms with E-state index in [1.165, 1.54) is 16.8 Å². The highest BCUT2D eigenvalue weighted by atomic mass is 16.2. The Morgan fingerprint density at radius 1 is 1.16 bits per heavy atom. The number of aryl methyl sites for hydroxylation is 1. The van der Waals surface area contributed by atoms with E-state index >= 15 is 0 Å². The molecule has 1 aromatic carbocycles. The zero-order valence-corrected chi connectivity index (χ0v) is 16.2. The zero-order valence-electron chi connectivity index (χ0n) is 16.2. The summed E-state index contributed by atoms with van der Waals surface area (Å²) in [6, 6.07) is 12.7. The van der Waals surface area contributed by atoms with Gasteiger partial charge in [-0.25, -0.2) is 0 Å². The Morgan fingerprint density at radius 3 is 2.60 bits per heavy atom. The summed E-state index contributed by atoms with van der Waals surface area (Å²) in [5, 5.41) is 0. The Hall–Kier alpha value is -2.03. The Bertz CT molecular complexity index is 672. The van der Waals surface area contributed by atoms with E-state index in [1.807, 2.05) is 4.90 Å². The summed E-state index contributed by atoms with van der Waals surface area (Å²) >= 11 is 0. The summed E-state index contributed by atoms with van der Waals surface area (Å²) in [5.41, 5.74) is 3.84. The summed E-state index contributed by atoms with van der Waals surface area (Å²) in [7, 11) is 0. The number of hydrogen-bond donors (Lipinski definition) is 0. The van der Waals surface area contributed by atoms with Gasteiger partial charge in [0.1, 0.15) is 0 Å². The predicted molar refractivity (Wildman–Crippen MR) is 104 cm³/mol. The molecule has 0 atom stereocenters. The van der Waals surface area contributed by atoms with Gasteiger partial charge in [0, 0.05) is 31.4 Å². The molecule has 25 heavy (non-hydrogen) atoms. The molecule has 0 N–H and O–H groups in total. The first-order valence-electron chi connectivity index (χ1n) is 9.47. The van der Waals surface area contributed by atoms with Crippen molar-refractivity contribution in [3.63, 3.8) is 0 Å². The van der Waals surface area contributed by atoms with Crippen LogP contribution in [0.5, 0.6) is 0 Å². The molecular weight excluding hydrogens is 308 g/mol. The van der Waals surface area contributed by atoms with Gasteiger partial charge in [0.25, 0.3) is 0 Å². The van der Waals surface area contributed by atoms with Crippen molar-refractivity contribution in [2.45, 2.75) is 60.0 Å². The summed E-state index contributed by atoms with van der Waals surface area (Å²) in [5.74, 6) is 0.669. The van der Waals surface area contributed by atoms with E-state index in [0.717, 1.165) is 25.9 Å².